The van der Waals surface area contributed by atoms with E-state index in [1.807, 2.05) is 12.1 Å². The molecule has 0 radical (unpaired) electrons. The molecular formula is C30H29F3N2O4. The van der Waals surface area contributed by atoms with Crippen LogP contribution in [0.3, 0.4) is 0 Å². The van der Waals surface area contributed by atoms with E-state index in [1.54, 1.807) is 13.1 Å². The molecule has 204 valence electrons. The molecule has 39 heavy (non-hydrogen) atoms. The van der Waals surface area contributed by atoms with Gasteiger partial charge in [0.15, 0.2) is 11.5 Å². The Morgan fingerprint density at radius 2 is 2.00 bits per heavy atom. The normalized spacial score (nSPS) is 30.4. The molecule has 9 heteroatoms. The number of alkyl halides is 3. The summed E-state index contributed by atoms with van der Waals surface area (Å²) in [5, 5.41) is 23.5. The van der Waals surface area contributed by atoms with Crippen molar-refractivity contribution in [2.75, 3.05) is 20.1 Å². The predicted molar refractivity (Wildman–Crippen MR) is 137 cm³/mol. The zero-order chi connectivity index (χ0) is 27.7. The fourth-order valence-corrected chi connectivity index (χ4v) is 7.61. The molecular weight excluding hydrogens is 509 g/mol. The van der Waals surface area contributed by atoms with E-state index < -0.39 is 34.7 Å². The van der Waals surface area contributed by atoms with Gasteiger partial charge in [-0.1, -0.05) is 18.1 Å². The summed E-state index contributed by atoms with van der Waals surface area (Å²) in [5.41, 5.74) is -0.793. The van der Waals surface area contributed by atoms with E-state index in [-0.39, 0.29) is 23.5 Å². The summed E-state index contributed by atoms with van der Waals surface area (Å²) < 4.78 is 45.0. The SMILES string of the molecule is C=CCN1CC[C@]23c4c5ccc(O)c4O[C@H]2CC[C@@H](N(C)C(=O)C#Cc2ccc(C(F)(F)F)cc2)[C@@]3(O)[C@H]1C5. The van der Waals surface area contributed by atoms with E-state index in [0.29, 0.717) is 44.5 Å². The number of benzene rings is 2. The minimum Gasteiger partial charge on any atom is -0.504 e. The predicted octanol–water partition coefficient (Wildman–Crippen LogP) is 3.63. The number of hydrogen-bond acceptors (Lipinski definition) is 5. The second kappa shape index (κ2) is 8.77. The summed E-state index contributed by atoms with van der Waals surface area (Å²) in [5.74, 6) is 5.19. The topological polar surface area (TPSA) is 73.2 Å². The molecule has 1 spiro atoms. The number of carbonyl (C=O) groups is 1. The highest BCUT2D eigenvalue weighted by Crippen LogP contribution is 2.65. The highest BCUT2D eigenvalue weighted by atomic mass is 19.4. The molecule has 2 bridgehead atoms. The van der Waals surface area contributed by atoms with Gasteiger partial charge in [0, 0.05) is 36.7 Å². The number of phenols is 1. The molecule has 2 aromatic carbocycles. The van der Waals surface area contributed by atoms with E-state index in [1.165, 1.54) is 17.0 Å². The molecule has 2 fully saturated rings. The third kappa shape index (κ3) is 3.54. The molecule has 2 aromatic rings. The minimum atomic E-state index is -4.45. The van der Waals surface area contributed by atoms with Crippen molar-refractivity contribution in [3.05, 3.63) is 71.3 Å². The van der Waals surface area contributed by atoms with Crippen molar-refractivity contribution in [3.8, 4) is 23.3 Å². The standard InChI is InChI=1S/C30H29F3N2O4/c1-3-15-35-16-14-28-24-12-11-22(29(28,38)23(35)17-19-7-10-21(36)27(39-24)26(19)28)34(2)25(37)13-6-18-4-8-20(9-5-18)30(31,32)33/h3-5,7-10,22-24,36,38H,1,11-12,14-17H2,2H3/t22-,23-,24+,28-,29-/m1/s1. The minimum absolute atomic E-state index is 0.0511. The Labute approximate surface area is 224 Å². The first-order valence-electron chi connectivity index (χ1n) is 13.1. The molecule has 2 N–H and O–H groups in total. The van der Waals surface area contributed by atoms with Crippen LogP contribution in [0.5, 0.6) is 11.5 Å². The summed E-state index contributed by atoms with van der Waals surface area (Å²) in [6.45, 7) is 5.18. The summed E-state index contributed by atoms with van der Waals surface area (Å²) in [4.78, 5) is 17.0. The monoisotopic (exact) mass is 538 g/mol. The highest BCUT2D eigenvalue weighted by molar-refractivity contribution is 5.94. The van der Waals surface area contributed by atoms with Crippen LogP contribution >= 0.6 is 0 Å². The lowest BCUT2D eigenvalue weighted by molar-refractivity contribution is -0.215. The molecule has 6 rings (SSSR count). The first kappa shape index (κ1) is 25.8. The zero-order valence-corrected chi connectivity index (χ0v) is 21.5. The number of carbonyl (C=O) groups excluding carboxylic acids is 1. The molecule has 0 unspecified atom stereocenters. The van der Waals surface area contributed by atoms with E-state index in [4.69, 9.17) is 4.74 Å². The second-order valence-electron chi connectivity index (χ2n) is 10.9. The molecule has 2 aliphatic carbocycles. The van der Waals surface area contributed by atoms with E-state index >= 15 is 0 Å². The average molecular weight is 539 g/mol. The van der Waals surface area contributed by atoms with Gasteiger partial charge in [-0.25, -0.2) is 0 Å². The zero-order valence-electron chi connectivity index (χ0n) is 21.5. The van der Waals surface area contributed by atoms with Crippen molar-refractivity contribution >= 4 is 5.91 Å². The number of likely N-dealkylation sites (N-methyl/N-ethyl adjacent to an activating group) is 1. The fraction of sp³-hybridized carbons (Fsp3) is 0.433. The Hall–Kier alpha value is -3.48. The smallest absolute Gasteiger partial charge is 0.416 e. The van der Waals surface area contributed by atoms with Gasteiger partial charge in [-0.2, -0.15) is 13.2 Å². The number of nitrogens with zero attached hydrogens (tertiary/aromatic N) is 2. The van der Waals surface area contributed by atoms with Gasteiger partial charge in [-0.05, 0) is 68.1 Å². The number of piperidine rings is 1. The Morgan fingerprint density at radius 3 is 2.69 bits per heavy atom. The lowest BCUT2D eigenvalue weighted by Gasteiger charge is -2.66. The summed E-state index contributed by atoms with van der Waals surface area (Å²) >= 11 is 0. The van der Waals surface area contributed by atoms with Crippen LogP contribution < -0.4 is 4.74 Å². The number of phenolic OH excluding ortho intramolecular Hbond substituents is 1. The van der Waals surface area contributed by atoms with Gasteiger partial charge in [-0.3, -0.25) is 9.69 Å². The summed E-state index contributed by atoms with van der Waals surface area (Å²) in [6.07, 6.45) is -0.806. The molecule has 2 heterocycles. The van der Waals surface area contributed by atoms with Gasteiger partial charge >= 0.3 is 6.18 Å². The van der Waals surface area contributed by atoms with Crippen LogP contribution in [-0.4, -0.2) is 69.8 Å². The van der Waals surface area contributed by atoms with Gasteiger partial charge in [0.2, 0.25) is 0 Å². The highest BCUT2D eigenvalue weighted by Gasteiger charge is 2.74. The molecule has 4 aliphatic rings. The van der Waals surface area contributed by atoms with Crippen molar-refractivity contribution in [1.82, 2.24) is 9.80 Å². The number of ether oxygens (including phenoxy) is 1. The van der Waals surface area contributed by atoms with Crippen LogP contribution in [0.2, 0.25) is 0 Å². The van der Waals surface area contributed by atoms with Crippen molar-refractivity contribution in [3.63, 3.8) is 0 Å². The fourth-order valence-electron chi connectivity index (χ4n) is 7.61. The van der Waals surface area contributed by atoms with Crippen molar-refractivity contribution in [2.45, 2.75) is 61.1 Å². The Balaban J connectivity index is 1.37. The largest absolute Gasteiger partial charge is 0.504 e. The third-order valence-corrected chi connectivity index (χ3v) is 9.24. The summed E-state index contributed by atoms with van der Waals surface area (Å²) in [7, 11) is 1.62. The molecule has 1 saturated heterocycles. The van der Waals surface area contributed by atoms with Crippen LogP contribution in [0.15, 0.2) is 49.1 Å². The molecule has 2 aliphatic heterocycles. The number of aliphatic hydroxyl groups is 1. The molecule has 0 aromatic heterocycles. The molecule has 5 atom stereocenters. The lowest BCUT2D eigenvalue weighted by Crippen LogP contribution is -2.81. The number of halogens is 3. The quantitative estimate of drug-likeness (QED) is 0.462. The van der Waals surface area contributed by atoms with E-state index in [9.17, 15) is 28.2 Å². The lowest BCUT2D eigenvalue weighted by atomic mass is 9.47. The maximum Gasteiger partial charge on any atom is 0.416 e. The first-order valence-corrected chi connectivity index (χ1v) is 13.1. The number of hydrogen-bond donors (Lipinski definition) is 2. The Kier molecular flexibility index (Phi) is 5.79. The van der Waals surface area contributed by atoms with Crippen LogP contribution in [0.25, 0.3) is 0 Å². The van der Waals surface area contributed by atoms with Gasteiger partial charge in [0.1, 0.15) is 11.7 Å². The number of likely N-dealkylation sites (tertiary alicyclic amines) is 1. The average Bonchev–Trinajstić information content (AvgIpc) is 3.24. The summed E-state index contributed by atoms with van der Waals surface area (Å²) in [6, 6.07) is 6.98. The van der Waals surface area contributed by atoms with Gasteiger partial charge in [0.05, 0.1) is 17.0 Å². The van der Waals surface area contributed by atoms with E-state index in [2.05, 4.69) is 23.3 Å². The Morgan fingerprint density at radius 1 is 1.26 bits per heavy atom. The second-order valence-corrected chi connectivity index (χ2v) is 10.9. The van der Waals surface area contributed by atoms with Gasteiger partial charge in [0.25, 0.3) is 5.91 Å². The van der Waals surface area contributed by atoms with Crippen LogP contribution in [0.4, 0.5) is 13.2 Å². The number of aromatic hydroxyl groups is 1. The van der Waals surface area contributed by atoms with Crippen molar-refractivity contribution in [2.24, 2.45) is 0 Å². The third-order valence-electron chi connectivity index (χ3n) is 9.24. The van der Waals surface area contributed by atoms with Crippen LogP contribution in [0.1, 0.15) is 41.5 Å². The van der Waals surface area contributed by atoms with Crippen LogP contribution in [-0.2, 0) is 22.8 Å². The maximum atomic E-state index is 13.3. The number of amides is 1. The van der Waals surface area contributed by atoms with Crippen molar-refractivity contribution in [1.29, 1.82) is 0 Å². The first-order chi connectivity index (χ1) is 18.5. The van der Waals surface area contributed by atoms with Crippen LogP contribution in [0, 0.1) is 11.8 Å². The maximum absolute atomic E-state index is 13.3. The van der Waals surface area contributed by atoms with Gasteiger partial charge < -0.3 is 19.8 Å². The Bertz CT molecular complexity index is 1410. The van der Waals surface area contributed by atoms with Gasteiger partial charge in [-0.15, -0.1) is 6.58 Å². The van der Waals surface area contributed by atoms with Crippen molar-refractivity contribution < 1.29 is 32.9 Å². The molecule has 6 nitrogen and oxygen atoms in total. The molecule has 1 saturated carbocycles. The molecule has 1 amide bonds. The number of rotatable bonds is 3. The van der Waals surface area contributed by atoms with E-state index in [0.717, 1.165) is 23.3 Å².